The van der Waals surface area contributed by atoms with Crippen LogP contribution in [0.25, 0.3) is 0 Å². The molecule has 0 saturated carbocycles. The van der Waals surface area contributed by atoms with Crippen molar-refractivity contribution < 1.29 is 9.53 Å². The third-order valence-electron chi connectivity index (χ3n) is 3.03. The molecule has 1 amide bonds. The first kappa shape index (κ1) is 12.7. The highest BCUT2D eigenvalue weighted by Crippen LogP contribution is 2.21. The number of hydrogen-bond acceptors (Lipinski definition) is 2. The molecule has 0 spiro atoms. The maximum Gasteiger partial charge on any atom is 0.258 e. The van der Waals surface area contributed by atoms with Crippen LogP contribution in [-0.2, 0) is 9.53 Å². The summed E-state index contributed by atoms with van der Waals surface area (Å²) in [5.41, 5.74) is 0.133. The Morgan fingerprint density at radius 2 is 1.94 bits per heavy atom. The second-order valence-corrected chi connectivity index (χ2v) is 3.99. The van der Waals surface area contributed by atoms with Gasteiger partial charge in [-0.25, -0.2) is 0 Å². The number of methoxy groups -OCH3 is 1. The van der Waals surface area contributed by atoms with Crippen LogP contribution in [0, 0.1) is 0 Å². The summed E-state index contributed by atoms with van der Waals surface area (Å²) >= 11 is 0. The molecule has 1 atom stereocenters. The monoisotopic (exact) mass is 221 g/mol. The molecular weight excluding hydrogens is 202 g/mol. The number of ether oxygens (including phenoxy) is 1. The summed E-state index contributed by atoms with van der Waals surface area (Å²) in [6.45, 7) is 3.76. The highest BCUT2D eigenvalue weighted by atomic mass is 16.5. The summed E-state index contributed by atoms with van der Waals surface area (Å²) in [6.07, 6.45) is 0.652. The zero-order chi connectivity index (χ0) is 12.2. The van der Waals surface area contributed by atoms with Crippen molar-refractivity contribution in [3.05, 3.63) is 30.3 Å². The van der Waals surface area contributed by atoms with Crippen molar-refractivity contribution in [2.24, 2.45) is 0 Å². The first-order valence-corrected chi connectivity index (χ1v) is 5.43. The number of nitrogens with zero attached hydrogens (tertiary/aromatic N) is 1. The van der Waals surface area contributed by atoms with Crippen LogP contribution >= 0.6 is 0 Å². The summed E-state index contributed by atoms with van der Waals surface area (Å²) in [7, 11) is 3.34. The van der Waals surface area contributed by atoms with E-state index in [0.717, 1.165) is 5.69 Å². The maximum absolute atomic E-state index is 12.2. The van der Waals surface area contributed by atoms with E-state index in [2.05, 4.69) is 0 Å². The van der Waals surface area contributed by atoms with Gasteiger partial charge in [0.15, 0.2) is 0 Å². The number of para-hydroxylation sites is 1. The molecule has 0 aliphatic heterocycles. The summed E-state index contributed by atoms with van der Waals surface area (Å²) in [6, 6.07) is 9.56. The minimum Gasteiger partial charge on any atom is -0.369 e. The van der Waals surface area contributed by atoms with Crippen molar-refractivity contribution >= 4 is 11.6 Å². The Morgan fingerprint density at radius 1 is 1.38 bits per heavy atom. The largest absolute Gasteiger partial charge is 0.369 e. The third kappa shape index (κ3) is 2.42. The van der Waals surface area contributed by atoms with Crippen molar-refractivity contribution in [1.82, 2.24) is 0 Å². The fourth-order valence-corrected chi connectivity index (χ4v) is 1.51. The van der Waals surface area contributed by atoms with E-state index < -0.39 is 5.60 Å². The number of carbonyl (C=O) groups excluding carboxylic acids is 1. The van der Waals surface area contributed by atoms with Gasteiger partial charge in [0.05, 0.1) is 0 Å². The van der Waals surface area contributed by atoms with E-state index in [1.807, 2.05) is 44.2 Å². The number of amides is 1. The third-order valence-corrected chi connectivity index (χ3v) is 3.03. The van der Waals surface area contributed by atoms with Gasteiger partial charge < -0.3 is 9.64 Å². The van der Waals surface area contributed by atoms with E-state index in [1.165, 1.54) is 0 Å². The van der Waals surface area contributed by atoms with Gasteiger partial charge in [-0.3, -0.25) is 4.79 Å². The van der Waals surface area contributed by atoms with Gasteiger partial charge in [-0.05, 0) is 25.5 Å². The predicted molar refractivity (Wildman–Crippen MR) is 65.6 cm³/mol. The normalized spacial score (nSPS) is 14.2. The Hall–Kier alpha value is -1.35. The number of carbonyl (C=O) groups is 1. The Kier molecular flexibility index (Phi) is 4.07. The van der Waals surface area contributed by atoms with Crippen LogP contribution in [0.4, 0.5) is 5.69 Å². The van der Waals surface area contributed by atoms with Gasteiger partial charge >= 0.3 is 0 Å². The lowest BCUT2D eigenvalue weighted by Gasteiger charge is -2.30. The number of anilines is 1. The predicted octanol–water partition coefficient (Wildman–Crippen LogP) is 2.46. The van der Waals surface area contributed by atoms with Gasteiger partial charge in [-0.2, -0.15) is 0 Å². The number of rotatable bonds is 4. The second kappa shape index (κ2) is 5.12. The Balaban J connectivity index is 2.90. The Morgan fingerprint density at radius 3 is 2.38 bits per heavy atom. The highest BCUT2D eigenvalue weighted by Gasteiger charge is 2.34. The van der Waals surface area contributed by atoms with Gasteiger partial charge in [-0.15, -0.1) is 0 Å². The van der Waals surface area contributed by atoms with Gasteiger partial charge in [0.2, 0.25) is 0 Å². The molecule has 1 aromatic rings. The van der Waals surface area contributed by atoms with Gasteiger partial charge in [0.1, 0.15) is 5.60 Å². The topological polar surface area (TPSA) is 29.5 Å². The fourth-order valence-electron chi connectivity index (χ4n) is 1.51. The second-order valence-electron chi connectivity index (χ2n) is 3.99. The van der Waals surface area contributed by atoms with Gasteiger partial charge in [-0.1, -0.05) is 25.1 Å². The summed E-state index contributed by atoms with van der Waals surface area (Å²) in [5, 5.41) is 0. The molecule has 1 rings (SSSR count). The van der Waals surface area contributed by atoms with Gasteiger partial charge in [0.25, 0.3) is 5.91 Å². The minimum atomic E-state index is -0.745. The van der Waals surface area contributed by atoms with Crippen LogP contribution in [0.3, 0.4) is 0 Å². The number of hydrogen-bond donors (Lipinski definition) is 0. The molecule has 3 nitrogen and oxygen atoms in total. The average molecular weight is 221 g/mol. The first-order valence-electron chi connectivity index (χ1n) is 5.43. The molecule has 1 aromatic carbocycles. The molecule has 0 heterocycles. The lowest BCUT2D eigenvalue weighted by molar-refractivity contribution is -0.138. The van der Waals surface area contributed by atoms with E-state index in [0.29, 0.717) is 6.42 Å². The van der Waals surface area contributed by atoms with Crippen molar-refractivity contribution in [3.8, 4) is 0 Å². The molecule has 0 fully saturated rings. The van der Waals surface area contributed by atoms with Crippen LogP contribution in [-0.4, -0.2) is 25.7 Å². The Bertz CT molecular complexity index is 344. The molecular formula is C13H19NO2. The van der Waals surface area contributed by atoms with Crippen LogP contribution in [0.15, 0.2) is 30.3 Å². The molecule has 16 heavy (non-hydrogen) atoms. The summed E-state index contributed by atoms with van der Waals surface area (Å²) < 4.78 is 5.30. The first-order chi connectivity index (χ1) is 7.55. The van der Waals surface area contributed by atoms with Crippen LogP contribution in [0.1, 0.15) is 20.3 Å². The van der Waals surface area contributed by atoms with Crippen LogP contribution in [0.5, 0.6) is 0 Å². The van der Waals surface area contributed by atoms with Crippen molar-refractivity contribution in [2.45, 2.75) is 25.9 Å². The SMILES string of the molecule is CCC(C)(OC)C(=O)N(C)c1ccccc1. The standard InChI is InChI=1S/C13H19NO2/c1-5-13(2,16-4)12(15)14(3)11-9-7-6-8-10-11/h6-10H,5H2,1-4H3. The van der Waals surface area contributed by atoms with Crippen molar-refractivity contribution in [1.29, 1.82) is 0 Å². The molecule has 0 aromatic heterocycles. The van der Waals surface area contributed by atoms with Gasteiger partial charge in [0, 0.05) is 19.8 Å². The lowest BCUT2D eigenvalue weighted by Crippen LogP contribution is -2.46. The van der Waals surface area contributed by atoms with Crippen molar-refractivity contribution in [3.63, 3.8) is 0 Å². The number of likely N-dealkylation sites (N-methyl/N-ethyl adjacent to an activating group) is 1. The zero-order valence-corrected chi connectivity index (χ0v) is 10.4. The quantitative estimate of drug-likeness (QED) is 0.781. The average Bonchev–Trinajstić information content (AvgIpc) is 2.37. The zero-order valence-electron chi connectivity index (χ0n) is 10.4. The van der Waals surface area contributed by atoms with E-state index >= 15 is 0 Å². The fraction of sp³-hybridized carbons (Fsp3) is 0.462. The van der Waals surface area contributed by atoms with Crippen LogP contribution < -0.4 is 4.90 Å². The molecule has 0 radical (unpaired) electrons. The minimum absolute atomic E-state index is 0.0244. The van der Waals surface area contributed by atoms with Crippen LogP contribution in [0.2, 0.25) is 0 Å². The van der Waals surface area contributed by atoms with E-state index in [-0.39, 0.29) is 5.91 Å². The summed E-state index contributed by atoms with van der Waals surface area (Å²) in [4.78, 5) is 13.9. The van der Waals surface area contributed by atoms with E-state index in [1.54, 1.807) is 19.1 Å². The molecule has 88 valence electrons. The smallest absolute Gasteiger partial charge is 0.258 e. The highest BCUT2D eigenvalue weighted by molar-refractivity contribution is 5.98. The Labute approximate surface area is 97.0 Å². The molecule has 1 unspecified atom stereocenters. The lowest BCUT2D eigenvalue weighted by atomic mass is 10.0. The molecule has 3 heteroatoms. The molecule has 0 aliphatic carbocycles. The molecule has 0 saturated heterocycles. The number of benzene rings is 1. The molecule has 0 aliphatic rings. The maximum atomic E-state index is 12.2. The molecule has 0 N–H and O–H groups in total. The molecule has 0 bridgehead atoms. The van der Waals surface area contributed by atoms with E-state index in [4.69, 9.17) is 4.74 Å². The van der Waals surface area contributed by atoms with E-state index in [9.17, 15) is 4.79 Å². The van der Waals surface area contributed by atoms with Crippen molar-refractivity contribution in [2.75, 3.05) is 19.1 Å². The summed E-state index contributed by atoms with van der Waals surface area (Å²) in [5.74, 6) is -0.0244.